The molecule has 1 fully saturated rings. The van der Waals surface area contributed by atoms with Crippen molar-refractivity contribution in [3.05, 3.63) is 23.8 Å². The molecule has 17 heavy (non-hydrogen) atoms. The van der Waals surface area contributed by atoms with Crippen LogP contribution in [0.5, 0.6) is 11.5 Å². The van der Waals surface area contributed by atoms with Crippen molar-refractivity contribution in [2.45, 2.75) is 31.8 Å². The molecule has 2 rings (SSSR count). The van der Waals surface area contributed by atoms with Crippen molar-refractivity contribution in [2.75, 3.05) is 14.2 Å². The van der Waals surface area contributed by atoms with Crippen molar-refractivity contribution in [1.82, 2.24) is 0 Å². The highest BCUT2D eigenvalue weighted by Crippen LogP contribution is 2.45. The van der Waals surface area contributed by atoms with Crippen molar-refractivity contribution in [1.29, 1.82) is 0 Å². The second kappa shape index (κ2) is 4.57. The van der Waals surface area contributed by atoms with E-state index in [-0.39, 0.29) is 0 Å². The molecular formula is C14H20O3. The lowest BCUT2D eigenvalue weighted by Gasteiger charge is -2.27. The third kappa shape index (κ3) is 2.55. The maximum atomic E-state index is 10.7. The molecule has 1 aliphatic carbocycles. The molecule has 0 saturated heterocycles. The zero-order chi connectivity index (χ0) is 12.5. The van der Waals surface area contributed by atoms with Crippen LogP contribution in [0.15, 0.2) is 18.2 Å². The van der Waals surface area contributed by atoms with Gasteiger partial charge in [-0.05, 0) is 31.4 Å². The fourth-order valence-corrected chi connectivity index (χ4v) is 2.37. The molecule has 1 atom stereocenters. The van der Waals surface area contributed by atoms with Gasteiger partial charge in [-0.3, -0.25) is 0 Å². The maximum absolute atomic E-state index is 10.7. The summed E-state index contributed by atoms with van der Waals surface area (Å²) in [6.45, 7) is 1.84. The smallest absolute Gasteiger partial charge is 0.128 e. The van der Waals surface area contributed by atoms with E-state index in [0.29, 0.717) is 17.4 Å². The van der Waals surface area contributed by atoms with Gasteiger partial charge in [0.15, 0.2) is 0 Å². The average molecular weight is 236 g/mol. The van der Waals surface area contributed by atoms with E-state index in [0.717, 1.165) is 12.0 Å². The van der Waals surface area contributed by atoms with Gasteiger partial charge < -0.3 is 14.6 Å². The van der Waals surface area contributed by atoms with Crippen LogP contribution in [0, 0.1) is 5.92 Å². The maximum Gasteiger partial charge on any atom is 0.128 e. The Labute approximate surface area is 102 Å². The lowest BCUT2D eigenvalue weighted by atomic mass is 9.89. The molecule has 0 aliphatic heterocycles. The van der Waals surface area contributed by atoms with Gasteiger partial charge in [-0.25, -0.2) is 0 Å². The molecule has 1 aromatic carbocycles. The van der Waals surface area contributed by atoms with Gasteiger partial charge >= 0.3 is 0 Å². The van der Waals surface area contributed by atoms with E-state index in [1.807, 2.05) is 25.1 Å². The van der Waals surface area contributed by atoms with Crippen LogP contribution < -0.4 is 9.47 Å². The first-order valence-corrected chi connectivity index (χ1v) is 6.02. The molecular weight excluding hydrogens is 216 g/mol. The Morgan fingerprint density at radius 2 is 1.76 bits per heavy atom. The lowest BCUT2D eigenvalue weighted by Crippen LogP contribution is -2.23. The van der Waals surface area contributed by atoms with Gasteiger partial charge in [-0.1, -0.05) is 18.9 Å². The van der Waals surface area contributed by atoms with Crippen LogP contribution in [0.2, 0.25) is 0 Å². The summed E-state index contributed by atoms with van der Waals surface area (Å²) in [5.74, 6) is 2.02. The number of benzene rings is 1. The first kappa shape index (κ1) is 12.2. The third-order valence-corrected chi connectivity index (χ3v) is 3.35. The Morgan fingerprint density at radius 3 is 2.18 bits per heavy atom. The van der Waals surface area contributed by atoms with E-state index in [4.69, 9.17) is 9.47 Å². The van der Waals surface area contributed by atoms with Crippen LogP contribution in [0.25, 0.3) is 0 Å². The standard InChI is InChI=1S/C14H20O3/c1-14(15,9-10-7-8-10)13-11(16-2)5-4-6-12(13)17-3/h4-6,10,15H,7-9H2,1-3H3. The Hall–Kier alpha value is -1.22. The minimum absolute atomic E-state index is 0.639. The molecule has 3 nitrogen and oxygen atoms in total. The predicted molar refractivity (Wildman–Crippen MR) is 66.5 cm³/mol. The molecule has 1 aromatic rings. The molecule has 0 bridgehead atoms. The first-order valence-electron chi connectivity index (χ1n) is 6.02. The van der Waals surface area contributed by atoms with E-state index in [9.17, 15) is 5.11 Å². The van der Waals surface area contributed by atoms with Gasteiger partial charge in [0.25, 0.3) is 0 Å². The van der Waals surface area contributed by atoms with Gasteiger partial charge in [0.1, 0.15) is 11.5 Å². The second-order valence-electron chi connectivity index (χ2n) is 4.96. The molecule has 1 N–H and O–H groups in total. The normalized spacial score (nSPS) is 18.6. The highest BCUT2D eigenvalue weighted by molar-refractivity contribution is 5.48. The quantitative estimate of drug-likeness (QED) is 0.854. The Balaban J connectivity index is 2.39. The molecule has 3 heteroatoms. The summed E-state index contributed by atoms with van der Waals surface area (Å²) in [5, 5.41) is 10.7. The topological polar surface area (TPSA) is 38.7 Å². The second-order valence-corrected chi connectivity index (χ2v) is 4.96. The molecule has 1 aliphatic rings. The molecule has 1 unspecified atom stereocenters. The van der Waals surface area contributed by atoms with E-state index in [1.54, 1.807) is 14.2 Å². The summed E-state index contributed by atoms with van der Waals surface area (Å²) in [6, 6.07) is 5.59. The number of aliphatic hydroxyl groups is 1. The van der Waals surface area contributed by atoms with Crippen LogP contribution in [0.4, 0.5) is 0 Å². The van der Waals surface area contributed by atoms with Crippen LogP contribution in [-0.4, -0.2) is 19.3 Å². The average Bonchev–Trinajstić information content (AvgIpc) is 3.11. The number of hydrogen-bond acceptors (Lipinski definition) is 3. The van der Waals surface area contributed by atoms with Gasteiger partial charge in [0, 0.05) is 0 Å². The molecule has 0 radical (unpaired) electrons. The van der Waals surface area contributed by atoms with Gasteiger partial charge in [0.2, 0.25) is 0 Å². The summed E-state index contributed by atoms with van der Waals surface area (Å²) >= 11 is 0. The van der Waals surface area contributed by atoms with Crippen LogP contribution in [-0.2, 0) is 5.60 Å². The number of rotatable bonds is 5. The highest BCUT2D eigenvalue weighted by atomic mass is 16.5. The van der Waals surface area contributed by atoms with Gasteiger partial charge in [0.05, 0.1) is 25.4 Å². The lowest BCUT2D eigenvalue weighted by molar-refractivity contribution is 0.0368. The summed E-state index contributed by atoms with van der Waals surface area (Å²) in [7, 11) is 3.23. The summed E-state index contributed by atoms with van der Waals surface area (Å²) < 4.78 is 10.7. The number of methoxy groups -OCH3 is 2. The molecule has 1 saturated carbocycles. The third-order valence-electron chi connectivity index (χ3n) is 3.35. The van der Waals surface area contributed by atoms with Crippen LogP contribution in [0.1, 0.15) is 31.7 Å². The zero-order valence-electron chi connectivity index (χ0n) is 10.7. The van der Waals surface area contributed by atoms with E-state index >= 15 is 0 Å². The van der Waals surface area contributed by atoms with Crippen LogP contribution >= 0.6 is 0 Å². The first-order chi connectivity index (χ1) is 8.08. The minimum atomic E-state index is -0.890. The summed E-state index contributed by atoms with van der Waals surface area (Å²) in [5.41, 5.74) is -0.129. The van der Waals surface area contributed by atoms with Gasteiger partial charge in [-0.2, -0.15) is 0 Å². The van der Waals surface area contributed by atoms with Crippen molar-refractivity contribution in [2.24, 2.45) is 5.92 Å². The molecule has 0 aromatic heterocycles. The summed E-state index contributed by atoms with van der Waals surface area (Å²) in [6.07, 6.45) is 3.20. The molecule has 0 amide bonds. The molecule has 94 valence electrons. The SMILES string of the molecule is COc1cccc(OC)c1C(C)(O)CC1CC1. The summed E-state index contributed by atoms with van der Waals surface area (Å²) in [4.78, 5) is 0. The number of ether oxygens (including phenoxy) is 2. The minimum Gasteiger partial charge on any atom is -0.496 e. The monoisotopic (exact) mass is 236 g/mol. The fourth-order valence-electron chi connectivity index (χ4n) is 2.37. The molecule has 0 heterocycles. The van der Waals surface area contributed by atoms with Crippen molar-refractivity contribution in [3.8, 4) is 11.5 Å². The Morgan fingerprint density at radius 1 is 1.24 bits per heavy atom. The van der Waals surface area contributed by atoms with E-state index < -0.39 is 5.60 Å². The van der Waals surface area contributed by atoms with E-state index in [1.165, 1.54) is 12.8 Å². The van der Waals surface area contributed by atoms with Crippen molar-refractivity contribution in [3.63, 3.8) is 0 Å². The van der Waals surface area contributed by atoms with E-state index in [2.05, 4.69) is 0 Å². The number of hydrogen-bond donors (Lipinski definition) is 1. The Kier molecular flexibility index (Phi) is 3.29. The van der Waals surface area contributed by atoms with Crippen LogP contribution in [0.3, 0.4) is 0 Å². The highest BCUT2D eigenvalue weighted by Gasteiger charge is 2.36. The fraction of sp³-hybridized carbons (Fsp3) is 0.571. The zero-order valence-corrected chi connectivity index (χ0v) is 10.7. The van der Waals surface area contributed by atoms with Gasteiger partial charge in [-0.15, -0.1) is 0 Å². The Bertz CT molecular complexity index is 372. The largest absolute Gasteiger partial charge is 0.496 e. The van der Waals surface area contributed by atoms with Crippen molar-refractivity contribution >= 4 is 0 Å². The van der Waals surface area contributed by atoms with Crippen molar-refractivity contribution < 1.29 is 14.6 Å². The predicted octanol–water partition coefficient (Wildman–Crippen LogP) is 2.71. The molecule has 0 spiro atoms.